The van der Waals surface area contributed by atoms with Crippen molar-refractivity contribution in [3.8, 4) is 0 Å². The molecule has 1 aliphatic heterocycles. The second-order valence-electron chi connectivity index (χ2n) is 3.42. The Balaban J connectivity index is 2.34. The van der Waals surface area contributed by atoms with Crippen molar-refractivity contribution in [1.29, 1.82) is 0 Å². The monoisotopic (exact) mass is 200 g/mol. The molecule has 80 valence electrons. The average molecular weight is 200 g/mol. The zero-order valence-electron chi connectivity index (χ0n) is 8.58. The fraction of sp³-hybridized carbons (Fsp3) is 0.778. The van der Waals surface area contributed by atoms with Crippen LogP contribution in [-0.2, 0) is 14.3 Å². The predicted molar refractivity (Wildman–Crippen MR) is 50.6 cm³/mol. The Hall–Kier alpha value is -1.10. The standard InChI is InChI=1S/C9H16N2O3/c1-10-8(12)6-11-4-3-7(5-11)9(13)14-2/h7H,3-6H2,1-2H3,(H,10,12). The highest BCUT2D eigenvalue weighted by Crippen LogP contribution is 2.16. The summed E-state index contributed by atoms with van der Waals surface area (Å²) >= 11 is 0. The van der Waals surface area contributed by atoms with Crippen LogP contribution in [-0.4, -0.2) is 50.6 Å². The summed E-state index contributed by atoms with van der Waals surface area (Å²) in [5.74, 6) is -0.260. The van der Waals surface area contributed by atoms with Crippen LogP contribution in [0.25, 0.3) is 0 Å². The van der Waals surface area contributed by atoms with E-state index in [2.05, 4.69) is 10.1 Å². The number of nitrogens with zero attached hydrogens (tertiary/aromatic N) is 1. The Morgan fingerprint density at radius 2 is 2.29 bits per heavy atom. The molecule has 5 nitrogen and oxygen atoms in total. The van der Waals surface area contributed by atoms with Crippen LogP contribution in [0.15, 0.2) is 0 Å². The summed E-state index contributed by atoms with van der Waals surface area (Å²) in [5, 5.41) is 2.55. The molecular weight excluding hydrogens is 184 g/mol. The van der Waals surface area contributed by atoms with E-state index in [1.807, 2.05) is 4.90 Å². The third kappa shape index (κ3) is 2.70. The number of amides is 1. The Morgan fingerprint density at radius 1 is 1.57 bits per heavy atom. The lowest BCUT2D eigenvalue weighted by molar-refractivity contribution is -0.145. The molecule has 0 aliphatic carbocycles. The van der Waals surface area contributed by atoms with E-state index in [0.29, 0.717) is 13.1 Å². The first kappa shape index (κ1) is 11.0. The van der Waals surface area contributed by atoms with Gasteiger partial charge in [0.1, 0.15) is 0 Å². The molecule has 5 heteroatoms. The van der Waals surface area contributed by atoms with Crippen LogP contribution in [0.2, 0.25) is 0 Å². The van der Waals surface area contributed by atoms with Crippen LogP contribution in [0.4, 0.5) is 0 Å². The van der Waals surface area contributed by atoms with Gasteiger partial charge in [0.2, 0.25) is 5.91 Å². The minimum atomic E-state index is -0.176. The third-order valence-electron chi connectivity index (χ3n) is 2.45. The highest BCUT2D eigenvalue weighted by molar-refractivity contribution is 5.78. The van der Waals surface area contributed by atoms with Gasteiger partial charge in [-0.2, -0.15) is 0 Å². The van der Waals surface area contributed by atoms with Gasteiger partial charge in [-0.05, 0) is 13.0 Å². The van der Waals surface area contributed by atoms with Crippen molar-refractivity contribution < 1.29 is 14.3 Å². The van der Waals surface area contributed by atoms with E-state index >= 15 is 0 Å². The molecule has 0 aromatic rings. The molecule has 1 N–H and O–H groups in total. The van der Waals surface area contributed by atoms with Crippen molar-refractivity contribution in [2.24, 2.45) is 5.92 Å². The largest absolute Gasteiger partial charge is 0.469 e. The average Bonchev–Trinajstić information content (AvgIpc) is 2.65. The maximum Gasteiger partial charge on any atom is 0.310 e. The van der Waals surface area contributed by atoms with E-state index in [1.165, 1.54) is 7.11 Å². The van der Waals surface area contributed by atoms with Gasteiger partial charge in [0.05, 0.1) is 19.6 Å². The van der Waals surface area contributed by atoms with Crippen LogP contribution in [0.3, 0.4) is 0 Å². The molecule has 1 rings (SSSR count). The molecule has 0 bridgehead atoms. The van der Waals surface area contributed by atoms with Crippen molar-refractivity contribution in [3.63, 3.8) is 0 Å². The van der Waals surface area contributed by atoms with Gasteiger partial charge in [-0.1, -0.05) is 0 Å². The smallest absolute Gasteiger partial charge is 0.310 e. The van der Waals surface area contributed by atoms with Crippen molar-refractivity contribution >= 4 is 11.9 Å². The van der Waals surface area contributed by atoms with Crippen LogP contribution in [0.1, 0.15) is 6.42 Å². The number of carbonyl (C=O) groups excluding carboxylic acids is 2. The maximum absolute atomic E-state index is 11.2. The number of hydrogen-bond acceptors (Lipinski definition) is 4. The highest BCUT2D eigenvalue weighted by atomic mass is 16.5. The summed E-state index contributed by atoms with van der Waals surface area (Å²) in [4.78, 5) is 24.2. The fourth-order valence-corrected chi connectivity index (χ4v) is 1.62. The van der Waals surface area contributed by atoms with Gasteiger partial charge in [-0.15, -0.1) is 0 Å². The van der Waals surface area contributed by atoms with E-state index in [-0.39, 0.29) is 17.8 Å². The molecule has 0 aromatic carbocycles. The second-order valence-corrected chi connectivity index (χ2v) is 3.42. The van der Waals surface area contributed by atoms with E-state index in [4.69, 9.17) is 0 Å². The molecule has 0 aromatic heterocycles. The molecule has 1 amide bonds. The third-order valence-corrected chi connectivity index (χ3v) is 2.45. The number of esters is 1. The van der Waals surface area contributed by atoms with Gasteiger partial charge in [0, 0.05) is 13.6 Å². The molecule has 1 heterocycles. The van der Waals surface area contributed by atoms with Crippen LogP contribution >= 0.6 is 0 Å². The van der Waals surface area contributed by atoms with Gasteiger partial charge in [0.25, 0.3) is 0 Å². The molecule has 0 radical (unpaired) electrons. The topological polar surface area (TPSA) is 58.6 Å². The van der Waals surface area contributed by atoms with Gasteiger partial charge in [0.15, 0.2) is 0 Å². The molecule has 1 unspecified atom stereocenters. The van der Waals surface area contributed by atoms with E-state index in [9.17, 15) is 9.59 Å². The lowest BCUT2D eigenvalue weighted by atomic mass is 10.1. The Kier molecular flexibility index (Phi) is 3.88. The summed E-state index contributed by atoms with van der Waals surface area (Å²) in [6.07, 6.45) is 0.781. The molecule has 1 atom stereocenters. The number of nitrogens with one attached hydrogen (secondary N) is 1. The maximum atomic E-state index is 11.2. The van der Waals surface area contributed by atoms with Crippen molar-refractivity contribution in [3.05, 3.63) is 0 Å². The molecule has 0 spiro atoms. The first-order valence-electron chi connectivity index (χ1n) is 4.68. The minimum Gasteiger partial charge on any atom is -0.469 e. The molecule has 1 aliphatic rings. The van der Waals surface area contributed by atoms with Gasteiger partial charge in [-0.3, -0.25) is 14.5 Å². The molecule has 1 saturated heterocycles. The second kappa shape index (κ2) is 4.95. The Bertz CT molecular complexity index is 230. The van der Waals surface area contributed by atoms with E-state index in [1.54, 1.807) is 7.05 Å². The van der Waals surface area contributed by atoms with Crippen LogP contribution in [0, 0.1) is 5.92 Å². The molecule has 1 fully saturated rings. The Morgan fingerprint density at radius 3 is 2.86 bits per heavy atom. The van der Waals surface area contributed by atoms with Gasteiger partial charge in [-0.25, -0.2) is 0 Å². The first-order valence-corrected chi connectivity index (χ1v) is 4.68. The first-order chi connectivity index (χ1) is 6.67. The quantitative estimate of drug-likeness (QED) is 0.608. The van der Waals surface area contributed by atoms with E-state index < -0.39 is 0 Å². The summed E-state index contributed by atoms with van der Waals surface area (Å²) in [6, 6.07) is 0. The number of likely N-dealkylation sites (N-methyl/N-ethyl adjacent to an activating group) is 1. The summed E-state index contributed by atoms with van der Waals surface area (Å²) < 4.78 is 4.65. The van der Waals surface area contributed by atoms with E-state index in [0.717, 1.165) is 13.0 Å². The molecule has 0 saturated carbocycles. The number of likely N-dealkylation sites (tertiary alicyclic amines) is 1. The number of carbonyl (C=O) groups is 2. The normalized spacial score (nSPS) is 22.0. The summed E-state index contributed by atoms with van der Waals surface area (Å²) in [6.45, 7) is 1.78. The van der Waals surface area contributed by atoms with Crippen molar-refractivity contribution in [1.82, 2.24) is 10.2 Å². The Labute approximate surface area is 83.4 Å². The zero-order valence-corrected chi connectivity index (χ0v) is 8.58. The van der Waals surface area contributed by atoms with Crippen LogP contribution in [0.5, 0.6) is 0 Å². The van der Waals surface area contributed by atoms with Gasteiger partial charge >= 0.3 is 5.97 Å². The lowest BCUT2D eigenvalue weighted by Crippen LogP contribution is -2.34. The zero-order chi connectivity index (χ0) is 10.6. The summed E-state index contributed by atoms with van der Waals surface area (Å²) in [7, 11) is 3.00. The number of ether oxygens (including phenoxy) is 1. The van der Waals surface area contributed by atoms with Crippen LogP contribution < -0.4 is 5.32 Å². The number of hydrogen-bond donors (Lipinski definition) is 1. The lowest BCUT2D eigenvalue weighted by Gasteiger charge is -2.13. The van der Waals surface area contributed by atoms with Crippen molar-refractivity contribution in [2.75, 3.05) is 33.8 Å². The highest BCUT2D eigenvalue weighted by Gasteiger charge is 2.29. The SMILES string of the molecule is CNC(=O)CN1CCC(C(=O)OC)C1. The van der Waals surface area contributed by atoms with Crippen molar-refractivity contribution in [2.45, 2.75) is 6.42 Å². The minimum absolute atomic E-state index is 0.0180. The number of rotatable bonds is 3. The molecule has 14 heavy (non-hydrogen) atoms. The molecular formula is C9H16N2O3. The van der Waals surface area contributed by atoms with Gasteiger partial charge < -0.3 is 10.1 Å². The predicted octanol–water partition coefficient (Wildman–Crippen LogP) is -0.773. The summed E-state index contributed by atoms with van der Waals surface area (Å²) in [5.41, 5.74) is 0. The fourth-order valence-electron chi connectivity index (χ4n) is 1.62. The number of methoxy groups -OCH3 is 1.